The molecular weight excluding hydrogens is 328 g/mol. The zero-order valence-corrected chi connectivity index (χ0v) is 13.6. The first-order chi connectivity index (χ1) is 12.1. The number of para-hydroxylation sites is 1. The molecule has 0 aliphatic rings. The molecule has 2 amide bonds. The van der Waals surface area contributed by atoms with Crippen LogP contribution in [0.1, 0.15) is 23.0 Å². The van der Waals surface area contributed by atoms with Gasteiger partial charge in [-0.2, -0.15) is 0 Å². The summed E-state index contributed by atoms with van der Waals surface area (Å²) in [6.07, 6.45) is 0.670. The number of furan rings is 1. The van der Waals surface area contributed by atoms with Crippen LogP contribution in [0, 0.1) is 0 Å². The van der Waals surface area contributed by atoms with Crippen LogP contribution >= 0.6 is 0 Å². The predicted octanol–water partition coefficient (Wildman–Crippen LogP) is 2.32. The van der Waals surface area contributed by atoms with Crippen molar-refractivity contribution >= 4 is 23.7 Å². The number of rotatable bonds is 7. The smallest absolute Gasteiger partial charge is 0.413 e. The van der Waals surface area contributed by atoms with Gasteiger partial charge in [0.05, 0.1) is 25.0 Å². The summed E-state index contributed by atoms with van der Waals surface area (Å²) in [5.41, 5.74) is 0.799. The Hall–Kier alpha value is -3.29. The molecule has 0 saturated carbocycles. The Labute approximate surface area is 144 Å². The van der Waals surface area contributed by atoms with Crippen molar-refractivity contribution in [2.75, 3.05) is 18.5 Å². The highest BCUT2D eigenvalue weighted by Gasteiger charge is 2.15. The average molecular weight is 346 g/mol. The molecule has 0 aliphatic carbocycles. The maximum Gasteiger partial charge on any atom is 0.413 e. The second-order valence-corrected chi connectivity index (χ2v) is 4.82. The van der Waals surface area contributed by atoms with E-state index in [1.54, 1.807) is 49.6 Å². The van der Waals surface area contributed by atoms with Gasteiger partial charge < -0.3 is 19.2 Å². The van der Waals surface area contributed by atoms with Crippen LogP contribution in [0.25, 0.3) is 0 Å². The molecule has 25 heavy (non-hydrogen) atoms. The van der Waals surface area contributed by atoms with Crippen LogP contribution in [-0.4, -0.2) is 31.2 Å². The summed E-state index contributed by atoms with van der Waals surface area (Å²) in [4.78, 5) is 34.8. The van der Waals surface area contributed by atoms with Gasteiger partial charge in [0.25, 0.3) is 5.91 Å². The topological polar surface area (TPSA) is 107 Å². The molecule has 1 heterocycles. The molecule has 0 aliphatic heterocycles. The summed E-state index contributed by atoms with van der Waals surface area (Å²) in [5, 5.41) is 5.00. The van der Waals surface area contributed by atoms with Crippen LogP contribution < -0.4 is 10.6 Å². The number of carbonyl (C=O) groups is 3. The zero-order chi connectivity index (χ0) is 18.1. The van der Waals surface area contributed by atoms with E-state index in [-0.39, 0.29) is 12.2 Å². The molecule has 0 saturated heterocycles. The molecule has 2 N–H and O–H groups in total. The maximum atomic E-state index is 12.2. The average Bonchev–Trinajstić information content (AvgIpc) is 3.12. The lowest BCUT2D eigenvalue weighted by atomic mass is 10.2. The fourth-order valence-electron chi connectivity index (χ4n) is 1.94. The number of anilines is 1. The minimum Gasteiger partial charge on any atom is -0.467 e. The van der Waals surface area contributed by atoms with E-state index < -0.39 is 24.6 Å². The lowest BCUT2D eigenvalue weighted by Gasteiger charge is -2.11. The Morgan fingerprint density at radius 2 is 1.88 bits per heavy atom. The second kappa shape index (κ2) is 9.11. The van der Waals surface area contributed by atoms with E-state index >= 15 is 0 Å². The molecule has 2 aromatic rings. The van der Waals surface area contributed by atoms with Crippen molar-refractivity contribution < 1.29 is 28.3 Å². The highest BCUT2D eigenvalue weighted by atomic mass is 16.6. The van der Waals surface area contributed by atoms with E-state index in [9.17, 15) is 14.4 Å². The van der Waals surface area contributed by atoms with Crippen LogP contribution in [0.15, 0.2) is 47.1 Å². The Morgan fingerprint density at radius 1 is 1.08 bits per heavy atom. The van der Waals surface area contributed by atoms with Crippen molar-refractivity contribution in [3.05, 3.63) is 54.0 Å². The summed E-state index contributed by atoms with van der Waals surface area (Å²) < 4.78 is 14.7. The zero-order valence-electron chi connectivity index (χ0n) is 13.6. The van der Waals surface area contributed by atoms with Crippen molar-refractivity contribution in [3.63, 3.8) is 0 Å². The highest BCUT2D eigenvalue weighted by molar-refractivity contribution is 5.98. The molecule has 0 unspecified atom stereocenters. The van der Waals surface area contributed by atoms with Crippen molar-refractivity contribution in [1.82, 2.24) is 5.32 Å². The number of carbonyl (C=O) groups excluding carboxylic acids is 3. The molecule has 0 fully saturated rings. The van der Waals surface area contributed by atoms with Gasteiger partial charge in [-0.25, -0.2) is 9.59 Å². The quantitative estimate of drug-likeness (QED) is 0.741. The van der Waals surface area contributed by atoms with Gasteiger partial charge in [-0.3, -0.25) is 10.1 Å². The number of hydrogen-bond acceptors (Lipinski definition) is 7. The largest absolute Gasteiger partial charge is 0.467 e. The molecular formula is C17H18N2O6. The number of amides is 2. The SMILES string of the molecule is CCOC(=O)NC(=O)COC(=O)c1ccccc1NCc1ccco1. The van der Waals surface area contributed by atoms with E-state index in [4.69, 9.17) is 9.15 Å². The number of imide groups is 1. The molecule has 0 bridgehead atoms. The summed E-state index contributed by atoms with van der Waals surface area (Å²) in [6.45, 7) is 1.54. The fraction of sp³-hybridized carbons (Fsp3) is 0.235. The molecule has 1 aromatic heterocycles. The first-order valence-electron chi connectivity index (χ1n) is 7.59. The van der Waals surface area contributed by atoms with Crippen LogP contribution in [0.2, 0.25) is 0 Å². The number of esters is 1. The first kappa shape index (κ1) is 18.1. The summed E-state index contributed by atoms with van der Waals surface area (Å²) >= 11 is 0. The van der Waals surface area contributed by atoms with Crippen molar-refractivity contribution in [2.45, 2.75) is 13.5 Å². The number of alkyl carbamates (subject to hydrolysis) is 1. The summed E-state index contributed by atoms with van der Waals surface area (Å²) in [5.74, 6) is -0.758. The van der Waals surface area contributed by atoms with E-state index in [1.807, 2.05) is 5.32 Å². The van der Waals surface area contributed by atoms with Crippen LogP contribution in [0.3, 0.4) is 0 Å². The molecule has 0 atom stereocenters. The van der Waals surface area contributed by atoms with Crippen LogP contribution in [0.4, 0.5) is 10.5 Å². The monoisotopic (exact) mass is 346 g/mol. The summed E-state index contributed by atoms with van der Waals surface area (Å²) in [7, 11) is 0. The van der Waals surface area contributed by atoms with E-state index in [0.717, 1.165) is 0 Å². The lowest BCUT2D eigenvalue weighted by Crippen LogP contribution is -2.34. The van der Waals surface area contributed by atoms with E-state index in [1.165, 1.54) is 0 Å². The van der Waals surface area contributed by atoms with Gasteiger partial charge in [0, 0.05) is 5.69 Å². The van der Waals surface area contributed by atoms with Crippen molar-refractivity contribution in [1.29, 1.82) is 0 Å². The normalized spacial score (nSPS) is 9.96. The minimum atomic E-state index is -0.885. The van der Waals surface area contributed by atoms with Gasteiger partial charge in [-0.15, -0.1) is 0 Å². The van der Waals surface area contributed by atoms with Gasteiger partial charge in [0.15, 0.2) is 6.61 Å². The number of nitrogens with one attached hydrogen (secondary N) is 2. The molecule has 8 heteroatoms. The molecule has 2 rings (SSSR count). The number of benzene rings is 1. The van der Waals surface area contributed by atoms with Crippen molar-refractivity contribution in [2.24, 2.45) is 0 Å². The Morgan fingerprint density at radius 3 is 2.60 bits per heavy atom. The van der Waals surface area contributed by atoms with Crippen LogP contribution in [-0.2, 0) is 20.8 Å². The van der Waals surface area contributed by atoms with Gasteiger partial charge in [0.1, 0.15) is 5.76 Å². The third-order valence-corrected chi connectivity index (χ3v) is 3.03. The Kier molecular flexibility index (Phi) is 6.58. The molecule has 0 spiro atoms. The number of hydrogen-bond donors (Lipinski definition) is 2. The third-order valence-electron chi connectivity index (χ3n) is 3.03. The van der Waals surface area contributed by atoms with Gasteiger partial charge >= 0.3 is 12.1 Å². The van der Waals surface area contributed by atoms with E-state index in [0.29, 0.717) is 18.0 Å². The minimum absolute atomic E-state index is 0.133. The first-order valence-corrected chi connectivity index (χ1v) is 7.59. The Balaban J connectivity index is 1.90. The van der Waals surface area contributed by atoms with Gasteiger partial charge in [-0.05, 0) is 31.2 Å². The summed E-state index contributed by atoms with van der Waals surface area (Å²) in [6, 6.07) is 10.3. The molecule has 0 radical (unpaired) electrons. The van der Waals surface area contributed by atoms with Gasteiger partial charge in [-0.1, -0.05) is 12.1 Å². The fourth-order valence-corrected chi connectivity index (χ4v) is 1.94. The maximum absolute atomic E-state index is 12.2. The lowest BCUT2D eigenvalue weighted by molar-refractivity contribution is -0.123. The van der Waals surface area contributed by atoms with Crippen molar-refractivity contribution in [3.8, 4) is 0 Å². The third kappa shape index (κ3) is 5.69. The molecule has 1 aromatic carbocycles. The molecule has 8 nitrogen and oxygen atoms in total. The second-order valence-electron chi connectivity index (χ2n) is 4.82. The Bertz CT molecular complexity index is 726. The van der Waals surface area contributed by atoms with E-state index in [2.05, 4.69) is 10.1 Å². The van der Waals surface area contributed by atoms with Crippen LogP contribution in [0.5, 0.6) is 0 Å². The molecule has 132 valence electrons. The highest BCUT2D eigenvalue weighted by Crippen LogP contribution is 2.17. The predicted molar refractivity (Wildman–Crippen MR) is 87.9 cm³/mol. The number of ether oxygens (including phenoxy) is 2. The standard InChI is InChI=1S/C17H18N2O6/c1-2-23-17(22)19-15(20)11-25-16(21)13-7-3-4-8-14(13)18-10-12-6-5-9-24-12/h3-9,18H,2,10-11H2,1H3,(H,19,20,22). The van der Waals surface area contributed by atoms with Gasteiger partial charge in [0.2, 0.25) is 0 Å².